The van der Waals surface area contributed by atoms with E-state index in [0.717, 1.165) is 10.0 Å². The van der Waals surface area contributed by atoms with E-state index >= 15 is 0 Å². The van der Waals surface area contributed by atoms with Crippen LogP contribution in [-0.4, -0.2) is 24.8 Å². The minimum Gasteiger partial charge on any atom is -0.383 e. The van der Waals surface area contributed by atoms with E-state index in [1.54, 1.807) is 36.5 Å². The van der Waals surface area contributed by atoms with Gasteiger partial charge in [-0.05, 0) is 35.9 Å². The number of nitrogens with zero attached hydrogens (tertiary/aromatic N) is 1. The first-order valence-electron chi connectivity index (χ1n) is 6.52. The Morgan fingerprint density at radius 1 is 1.09 bits per heavy atom. The summed E-state index contributed by atoms with van der Waals surface area (Å²) in [5, 5.41) is 1.04. The molecule has 0 amide bonds. The van der Waals surface area contributed by atoms with Crippen LogP contribution in [0.15, 0.2) is 53.1 Å². The molecule has 0 saturated heterocycles. The zero-order chi connectivity index (χ0) is 16.3. The summed E-state index contributed by atoms with van der Waals surface area (Å²) in [6, 6.07) is 12.4. The Kier molecular flexibility index (Phi) is 5.68. The number of hydrogen-bond acceptors (Lipinski definition) is 2. The number of carbonyl (C=O) groups is 1. The summed E-state index contributed by atoms with van der Waals surface area (Å²) >= 11 is 15.5. The number of allylic oxidation sites excluding steroid dienone is 1. The van der Waals surface area contributed by atoms with E-state index in [2.05, 4.69) is 15.9 Å². The molecule has 0 aliphatic heterocycles. The second-order valence-electron chi connectivity index (χ2n) is 4.97. The van der Waals surface area contributed by atoms with Crippen LogP contribution in [0.1, 0.15) is 15.9 Å². The van der Waals surface area contributed by atoms with Crippen LogP contribution in [0.5, 0.6) is 0 Å². The van der Waals surface area contributed by atoms with Crippen LogP contribution in [0.4, 0.5) is 0 Å². The molecule has 0 bridgehead atoms. The van der Waals surface area contributed by atoms with Gasteiger partial charge in [-0.2, -0.15) is 0 Å². The molecule has 0 aromatic heterocycles. The molecule has 2 aromatic carbocycles. The predicted molar refractivity (Wildman–Crippen MR) is 96.6 cm³/mol. The molecule has 0 heterocycles. The van der Waals surface area contributed by atoms with Gasteiger partial charge in [-0.15, -0.1) is 0 Å². The lowest BCUT2D eigenvalue weighted by atomic mass is 9.97. The first-order valence-corrected chi connectivity index (χ1v) is 8.07. The molecule has 0 unspecified atom stereocenters. The van der Waals surface area contributed by atoms with Crippen molar-refractivity contribution in [2.75, 3.05) is 14.1 Å². The zero-order valence-electron chi connectivity index (χ0n) is 12.1. The zero-order valence-corrected chi connectivity index (χ0v) is 15.2. The number of hydrogen-bond donors (Lipinski definition) is 0. The van der Waals surface area contributed by atoms with Gasteiger partial charge in [0.2, 0.25) is 0 Å². The molecule has 114 valence electrons. The quantitative estimate of drug-likeness (QED) is 0.497. The third-order valence-corrected chi connectivity index (χ3v) is 4.02. The molecule has 0 radical (unpaired) electrons. The monoisotopic (exact) mass is 397 g/mol. The maximum atomic E-state index is 12.9. The summed E-state index contributed by atoms with van der Waals surface area (Å²) in [6.45, 7) is 0. The highest BCUT2D eigenvalue weighted by Gasteiger charge is 2.18. The Labute approximate surface area is 148 Å². The lowest BCUT2D eigenvalue weighted by Crippen LogP contribution is -2.09. The fraction of sp³-hybridized carbons (Fsp3) is 0.118. The van der Waals surface area contributed by atoms with E-state index in [0.29, 0.717) is 21.2 Å². The standard InChI is InChI=1S/C17H14BrCl2NO/c1-21(2)10-15(11-3-6-13(19)7-4-11)17(22)14-8-5-12(18)9-16(14)20/h3-10H,1-2H3. The molecule has 0 aliphatic rings. The lowest BCUT2D eigenvalue weighted by Gasteiger charge is -2.13. The van der Waals surface area contributed by atoms with Crippen LogP contribution in [-0.2, 0) is 0 Å². The molecule has 0 spiro atoms. The van der Waals surface area contributed by atoms with E-state index < -0.39 is 0 Å². The van der Waals surface area contributed by atoms with Crippen LogP contribution >= 0.6 is 39.1 Å². The maximum Gasteiger partial charge on any atom is 0.196 e. The summed E-state index contributed by atoms with van der Waals surface area (Å²) in [5.74, 6) is -0.131. The normalized spacial score (nSPS) is 11.4. The van der Waals surface area contributed by atoms with Crippen molar-refractivity contribution in [2.24, 2.45) is 0 Å². The third-order valence-electron chi connectivity index (χ3n) is 2.96. The van der Waals surface area contributed by atoms with E-state index in [1.807, 2.05) is 31.1 Å². The Hall–Kier alpha value is -1.29. The molecular weight excluding hydrogens is 385 g/mol. The van der Waals surface area contributed by atoms with Gasteiger partial charge < -0.3 is 4.90 Å². The molecular formula is C17H14BrCl2NO. The van der Waals surface area contributed by atoms with Gasteiger partial charge in [-0.25, -0.2) is 0 Å². The summed E-state index contributed by atoms with van der Waals surface area (Å²) in [7, 11) is 3.73. The minimum absolute atomic E-state index is 0.131. The molecule has 2 nitrogen and oxygen atoms in total. The number of rotatable bonds is 4. The van der Waals surface area contributed by atoms with Gasteiger partial charge in [0.05, 0.1) is 5.02 Å². The summed E-state index contributed by atoms with van der Waals surface area (Å²) in [4.78, 5) is 14.7. The fourth-order valence-electron chi connectivity index (χ4n) is 1.97. The summed E-state index contributed by atoms with van der Waals surface area (Å²) < 4.78 is 0.832. The fourth-order valence-corrected chi connectivity index (χ4v) is 2.86. The molecule has 0 saturated carbocycles. The molecule has 2 aromatic rings. The Balaban J connectivity index is 2.50. The second-order valence-corrected chi connectivity index (χ2v) is 6.73. The van der Waals surface area contributed by atoms with Gasteiger partial charge in [0, 0.05) is 40.9 Å². The van der Waals surface area contributed by atoms with Gasteiger partial charge in [0.15, 0.2) is 5.78 Å². The van der Waals surface area contributed by atoms with Gasteiger partial charge in [0.1, 0.15) is 0 Å². The number of halogens is 3. The van der Waals surface area contributed by atoms with Crippen LogP contribution in [0.3, 0.4) is 0 Å². The van der Waals surface area contributed by atoms with Gasteiger partial charge in [-0.3, -0.25) is 4.79 Å². The van der Waals surface area contributed by atoms with Crippen molar-refractivity contribution in [3.05, 3.63) is 74.3 Å². The van der Waals surface area contributed by atoms with E-state index in [9.17, 15) is 4.79 Å². The Morgan fingerprint density at radius 3 is 2.27 bits per heavy atom. The Bertz CT molecular complexity index is 724. The number of ketones is 1. The van der Waals surface area contributed by atoms with Gasteiger partial charge >= 0.3 is 0 Å². The molecule has 0 atom stereocenters. The highest BCUT2D eigenvalue weighted by molar-refractivity contribution is 9.10. The average Bonchev–Trinajstić information content (AvgIpc) is 2.45. The van der Waals surface area contributed by atoms with Gasteiger partial charge in [-0.1, -0.05) is 51.3 Å². The van der Waals surface area contributed by atoms with Crippen molar-refractivity contribution in [3.63, 3.8) is 0 Å². The number of benzene rings is 2. The summed E-state index contributed by atoms with van der Waals surface area (Å²) in [5.41, 5.74) is 1.82. The SMILES string of the molecule is CN(C)C=C(C(=O)c1ccc(Br)cc1Cl)c1ccc(Cl)cc1. The van der Waals surface area contributed by atoms with Crippen molar-refractivity contribution < 1.29 is 4.79 Å². The minimum atomic E-state index is -0.131. The second kappa shape index (κ2) is 7.32. The van der Waals surface area contributed by atoms with Crippen LogP contribution < -0.4 is 0 Å². The van der Waals surface area contributed by atoms with Crippen molar-refractivity contribution >= 4 is 50.5 Å². The summed E-state index contributed by atoms with van der Waals surface area (Å²) in [6.07, 6.45) is 1.78. The molecule has 5 heteroatoms. The van der Waals surface area contributed by atoms with Crippen molar-refractivity contribution in [2.45, 2.75) is 0 Å². The van der Waals surface area contributed by atoms with E-state index in [-0.39, 0.29) is 5.78 Å². The van der Waals surface area contributed by atoms with Crippen LogP contribution in [0, 0.1) is 0 Å². The molecule has 0 aliphatic carbocycles. The van der Waals surface area contributed by atoms with E-state index in [1.165, 1.54) is 0 Å². The lowest BCUT2D eigenvalue weighted by molar-refractivity contribution is 0.105. The van der Waals surface area contributed by atoms with E-state index in [4.69, 9.17) is 23.2 Å². The van der Waals surface area contributed by atoms with Crippen molar-refractivity contribution in [1.82, 2.24) is 4.90 Å². The largest absolute Gasteiger partial charge is 0.383 e. The highest BCUT2D eigenvalue weighted by Crippen LogP contribution is 2.28. The molecule has 22 heavy (non-hydrogen) atoms. The van der Waals surface area contributed by atoms with Crippen molar-refractivity contribution in [1.29, 1.82) is 0 Å². The molecule has 0 fully saturated rings. The first-order chi connectivity index (χ1) is 10.4. The first kappa shape index (κ1) is 17.1. The maximum absolute atomic E-state index is 12.9. The molecule has 2 rings (SSSR count). The topological polar surface area (TPSA) is 20.3 Å². The number of carbonyl (C=O) groups excluding carboxylic acids is 1. The average molecular weight is 399 g/mol. The number of Topliss-reactive ketones (excluding diaryl/α,β-unsaturated/α-hetero) is 1. The highest BCUT2D eigenvalue weighted by atomic mass is 79.9. The smallest absolute Gasteiger partial charge is 0.196 e. The predicted octanol–water partition coefficient (Wildman–Crippen LogP) is 5.54. The van der Waals surface area contributed by atoms with Crippen LogP contribution in [0.25, 0.3) is 5.57 Å². The Morgan fingerprint density at radius 2 is 1.73 bits per heavy atom. The van der Waals surface area contributed by atoms with Crippen molar-refractivity contribution in [3.8, 4) is 0 Å². The third kappa shape index (κ3) is 4.13. The molecule has 0 N–H and O–H groups in total. The van der Waals surface area contributed by atoms with Gasteiger partial charge in [0.25, 0.3) is 0 Å². The van der Waals surface area contributed by atoms with Crippen LogP contribution in [0.2, 0.25) is 10.0 Å².